The Kier molecular flexibility index (Phi) is 3.41. The number of benzene rings is 1. The fourth-order valence-corrected chi connectivity index (χ4v) is 4.33. The molecule has 2 aliphatic rings. The molecular weight excluding hydrogens is 290 g/mol. The molecule has 4 heteroatoms. The second-order valence-electron chi connectivity index (χ2n) is 6.05. The molecule has 0 spiro atoms. The van der Waals surface area contributed by atoms with E-state index < -0.39 is 0 Å². The molecule has 112 valence electrons. The lowest BCUT2D eigenvalue weighted by atomic mass is 9.96. The lowest BCUT2D eigenvalue weighted by Crippen LogP contribution is -2.28. The molecule has 0 saturated carbocycles. The normalized spacial score (nSPS) is 26.9. The summed E-state index contributed by atoms with van der Waals surface area (Å²) in [6.45, 7) is 5.46. The van der Waals surface area contributed by atoms with Crippen LogP contribution in [0.3, 0.4) is 0 Å². The van der Waals surface area contributed by atoms with E-state index in [1.165, 1.54) is 16.3 Å². The molecule has 0 aliphatic carbocycles. The van der Waals surface area contributed by atoms with Crippen molar-refractivity contribution in [1.29, 1.82) is 0 Å². The van der Waals surface area contributed by atoms with Crippen molar-refractivity contribution in [2.24, 2.45) is 4.99 Å². The largest absolute Gasteiger partial charge is 0.341 e. The fraction of sp³-hybridized carbons (Fsp3) is 0.333. The minimum absolute atomic E-state index is 0.0962. The van der Waals surface area contributed by atoms with Gasteiger partial charge in [-0.3, -0.25) is 9.98 Å². The van der Waals surface area contributed by atoms with Crippen LogP contribution in [-0.2, 0) is 0 Å². The van der Waals surface area contributed by atoms with E-state index in [1.807, 2.05) is 30.1 Å². The average molecular weight is 309 g/mol. The van der Waals surface area contributed by atoms with E-state index in [4.69, 9.17) is 4.99 Å². The Morgan fingerprint density at radius 2 is 1.95 bits per heavy atom. The summed E-state index contributed by atoms with van der Waals surface area (Å²) in [7, 11) is 0. The molecule has 22 heavy (non-hydrogen) atoms. The Morgan fingerprint density at radius 3 is 2.68 bits per heavy atom. The summed E-state index contributed by atoms with van der Waals surface area (Å²) in [6.07, 6.45) is 1.86. The molecule has 3 nitrogen and oxygen atoms in total. The molecule has 0 radical (unpaired) electrons. The van der Waals surface area contributed by atoms with E-state index in [0.717, 1.165) is 12.2 Å². The summed E-state index contributed by atoms with van der Waals surface area (Å²) in [4.78, 5) is 12.0. The Balaban J connectivity index is 1.76. The number of pyridine rings is 1. The third-order valence-corrected chi connectivity index (χ3v) is 5.40. The molecule has 1 aromatic carbocycles. The van der Waals surface area contributed by atoms with Gasteiger partial charge in [0.2, 0.25) is 0 Å². The van der Waals surface area contributed by atoms with Crippen LogP contribution in [0, 0.1) is 6.92 Å². The van der Waals surface area contributed by atoms with Crippen molar-refractivity contribution in [3.63, 3.8) is 0 Å². The monoisotopic (exact) mass is 309 g/mol. The van der Waals surface area contributed by atoms with Gasteiger partial charge >= 0.3 is 0 Å². The van der Waals surface area contributed by atoms with Crippen LogP contribution in [0.15, 0.2) is 53.7 Å². The van der Waals surface area contributed by atoms with Gasteiger partial charge in [-0.15, -0.1) is 0 Å². The summed E-state index contributed by atoms with van der Waals surface area (Å²) < 4.78 is 0. The Labute approximate surface area is 135 Å². The third kappa shape index (κ3) is 2.31. The van der Waals surface area contributed by atoms with Gasteiger partial charge in [0.15, 0.2) is 5.17 Å². The highest BCUT2D eigenvalue weighted by Gasteiger charge is 2.43. The molecular formula is C18H19N3S. The zero-order chi connectivity index (χ0) is 15.1. The van der Waals surface area contributed by atoms with Crippen LogP contribution in [0.2, 0.25) is 0 Å². The summed E-state index contributed by atoms with van der Waals surface area (Å²) in [6, 6.07) is 15.3. The van der Waals surface area contributed by atoms with Crippen LogP contribution in [0.5, 0.6) is 0 Å². The molecule has 0 unspecified atom stereocenters. The van der Waals surface area contributed by atoms with Crippen LogP contribution in [-0.4, -0.2) is 26.8 Å². The van der Waals surface area contributed by atoms with Crippen LogP contribution < -0.4 is 0 Å². The van der Waals surface area contributed by atoms with Gasteiger partial charge in [0.1, 0.15) is 6.04 Å². The van der Waals surface area contributed by atoms with Gasteiger partial charge in [0.25, 0.3) is 0 Å². The van der Waals surface area contributed by atoms with Gasteiger partial charge in [0, 0.05) is 18.0 Å². The van der Waals surface area contributed by atoms with Crippen molar-refractivity contribution in [1.82, 2.24) is 9.88 Å². The van der Waals surface area contributed by atoms with E-state index in [0.29, 0.717) is 5.25 Å². The third-order valence-electron chi connectivity index (χ3n) is 4.30. The number of aromatic nitrogens is 1. The number of hydrogen-bond donors (Lipinski definition) is 0. The number of hydrogen-bond acceptors (Lipinski definition) is 4. The van der Waals surface area contributed by atoms with Crippen molar-refractivity contribution >= 4 is 16.9 Å². The zero-order valence-corrected chi connectivity index (χ0v) is 13.6. The molecule has 0 amide bonds. The lowest BCUT2D eigenvalue weighted by Gasteiger charge is -2.27. The van der Waals surface area contributed by atoms with Crippen molar-refractivity contribution in [3.8, 4) is 0 Å². The maximum absolute atomic E-state index is 4.99. The molecule has 2 aromatic rings. The molecule has 2 aliphatic heterocycles. The Morgan fingerprint density at radius 1 is 1.14 bits per heavy atom. The Hall–Kier alpha value is -1.81. The van der Waals surface area contributed by atoms with Crippen LogP contribution >= 0.6 is 11.8 Å². The van der Waals surface area contributed by atoms with E-state index in [1.54, 1.807) is 0 Å². The highest BCUT2D eigenvalue weighted by atomic mass is 32.2. The molecule has 3 heterocycles. The zero-order valence-electron chi connectivity index (χ0n) is 12.8. The quantitative estimate of drug-likeness (QED) is 0.840. The van der Waals surface area contributed by atoms with Crippen LogP contribution in [0.25, 0.3) is 0 Å². The predicted octanol–water partition coefficient (Wildman–Crippen LogP) is 3.98. The van der Waals surface area contributed by atoms with Gasteiger partial charge in [0.05, 0.1) is 11.7 Å². The van der Waals surface area contributed by atoms with Crippen molar-refractivity contribution in [2.75, 3.05) is 6.54 Å². The topological polar surface area (TPSA) is 28.5 Å². The molecule has 4 rings (SSSR count). The maximum atomic E-state index is 4.99. The number of amidine groups is 1. The van der Waals surface area contributed by atoms with Gasteiger partial charge in [-0.2, -0.15) is 0 Å². The van der Waals surface area contributed by atoms with Gasteiger partial charge in [-0.05, 0) is 24.6 Å². The first-order chi connectivity index (χ1) is 10.7. The van der Waals surface area contributed by atoms with Crippen molar-refractivity contribution < 1.29 is 0 Å². The summed E-state index contributed by atoms with van der Waals surface area (Å²) in [5, 5.41) is 1.78. The first kappa shape index (κ1) is 13.8. The Bertz CT molecular complexity index is 696. The van der Waals surface area contributed by atoms with Gasteiger partial charge < -0.3 is 4.90 Å². The van der Waals surface area contributed by atoms with Gasteiger partial charge in [-0.25, -0.2) is 0 Å². The molecule has 0 N–H and O–H groups in total. The number of nitrogens with zero attached hydrogens (tertiary/aromatic N) is 3. The standard InChI is InChI=1S/C18H19N3S/c1-12-6-8-14(9-7-12)17-16(15-5-3-4-10-19-15)20-18-21(17)11-13(2)22-18/h3-10,13,16-17H,11H2,1-2H3/t13-,16+,17-/m1/s1. The minimum atomic E-state index is 0.0962. The van der Waals surface area contributed by atoms with Crippen LogP contribution in [0.4, 0.5) is 0 Å². The second kappa shape index (κ2) is 5.43. The minimum Gasteiger partial charge on any atom is -0.341 e. The molecule has 1 fully saturated rings. The number of fused-ring (bicyclic) bond motifs is 1. The van der Waals surface area contributed by atoms with E-state index in [9.17, 15) is 0 Å². The molecule has 0 bridgehead atoms. The highest BCUT2D eigenvalue weighted by Crippen LogP contribution is 2.47. The van der Waals surface area contributed by atoms with E-state index in [-0.39, 0.29) is 12.1 Å². The average Bonchev–Trinajstić information content (AvgIpc) is 3.05. The molecule has 3 atom stereocenters. The van der Waals surface area contributed by atoms with Crippen molar-refractivity contribution in [3.05, 3.63) is 65.5 Å². The predicted molar refractivity (Wildman–Crippen MR) is 92.1 cm³/mol. The van der Waals surface area contributed by atoms with E-state index >= 15 is 0 Å². The number of thioether (sulfide) groups is 1. The number of rotatable bonds is 2. The summed E-state index contributed by atoms with van der Waals surface area (Å²) >= 11 is 1.88. The maximum Gasteiger partial charge on any atom is 0.160 e. The summed E-state index contributed by atoms with van der Waals surface area (Å²) in [5.41, 5.74) is 3.68. The first-order valence-electron chi connectivity index (χ1n) is 7.71. The number of aryl methyl sites for hydroxylation is 1. The lowest BCUT2D eigenvalue weighted by molar-refractivity contribution is 0.321. The molecule has 1 saturated heterocycles. The second-order valence-corrected chi connectivity index (χ2v) is 7.45. The molecule has 1 aromatic heterocycles. The van der Waals surface area contributed by atoms with Crippen molar-refractivity contribution in [2.45, 2.75) is 31.2 Å². The fourth-order valence-electron chi connectivity index (χ4n) is 3.24. The van der Waals surface area contributed by atoms with Gasteiger partial charge in [-0.1, -0.05) is 54.6 Å². The smallest absolute Gasteiger partial charge is 0.160 e. The number of aliphatic imine (C=N–C) groups is 1. The highest BCUT2D eigenvalue weighted by molar-refractivity contribution is 8.14. The first-order valence-corrected chi connectivity index (χ1v) is 8.59. The van der Waals surface area contributed by atoms with E-state index in [2.05, 4.69) is 54.1 Å². The summed E-state index contributed by atoms with van der Waals surface area (Å²) in [5.74, 6) is 0. The SMILES string of the molecule is Cc1ccc([C@@H]2[C@H](c3ccccn3)N=C3S[C@H](C)CN32)cc1. The van der Waals surface area contributed by atoms with Crippen LogP contribution in [0.1, 0.15) is 35.8 Å².